The van der Waals surface area contributed by atoms with Gasteiger partial charge in [0, 0.05) is 43.9 Å². The number of rotatable bonds is 4. The van der Waals surface area contributed by atoms with Gasteiger partial charge in [-0.05, 0) is 18.9 Å². The summed E-state index contributed by atoms with van der Waals surface area (Å²) < 4.78 is 20.8. The molecule has 1 saturated carbocycles. The number of aromatic nitrogens is 3. The summed E-state index contributed by atoms with van der Waals surface area (Å²) in [7, 11) is 1.66. The van der Waals surface area contributed by atoms with E-state index in [-0.39, 0.29) is 30.4 Å². The number of aryl methyl sites for hydroxylation is 1. The van der Waals surface area contributed by atoms with Crippen molar-refractivity contribution in [3.8, 4) is 5.75 Å². The van der Waals surface area contributed by atoms with E-state index >= 15 is 0 Å². The van der Waals surface area contributed by atoms with Crippen LogP contribution < -0.4 is 26.7 Å². The minimum absolute atomic E-state index is 0.00696. The second-order valence-corrected chi connectivity index (χ2v) is 8.98. The lowest BCUT2D eigenvalue weighted by Gasteiger charge is -2.23. The lowest BCUT2D eigenvalue weighted by atomic mass is 9.95. The molecule has 4 N–H and O–H groups in total. The summed E-state index contributed by atoms with van der Waals surface area (Å²) in [6.07, 6.45) is 7.28. The van der Waals surface area contributed by atoms with Crippen molar-refractivity contribution >= 4 is 34.4 Å². The van der Waals surface area contributed by atoms with Gasteiger partial charge in [0.15, 0.2) is 18.2 Å². The predicted molar refractivity (Wildman–Crippen MR) is 132 cm³/mol. The quantitative estimate of drug-likeness (QED) is 0.501. The van der Waals surface area contributed by atoms with Gasteiger partial charge < -0.3 is 25.7 Å². The average Bonchev–Trinajstić information content (AvgIpc) is 2.86. The zero-order valence-electron chi connectivity index (χ0n) is 19.4. The Bertz CT molecular complexity index is 1290. The number of anilines is 1. The maximum Gasteiger partial charge on any atom is 0.263 e. The first kappa shape index (κ1) is 25.0. The van der Waals surface area contributed by atoms with Gasteiger partial charge in [0.25, 0.3) is 11.5 Å². The second-order valence-electron chi connectivity index (χ2n) is 8.57. The van der Waals surface area contributed by atoms with E-state index in [4.69, 9.17) is 22.1 Å². The summed E-state index contributed by atoms with van der Waals surface area (Å²) in [6.45, 7) is 0.655. The number of hydrogen-bond acceptors (Lipinski definition) is 7. The Labute approximate surface area is 206 Å². The van der Waals surface area contributed by atoms with Gasteiger partial charge in [-0.1, -0.05) is 30.9 Å². The maximum absolute atomic E-state index is 14.2. The molecule has 9 nitrogen and oxygen atoms in total. The molecular weight excluding hydrogens is 475 g/mol. The van der Waals surface area contributed by atoms with Crippen LogP contribution in [0, 0.1) is 5.82 Å². The minimum Gasteiger partial charge on any atom is -0.480 e. The largest absolute Gasteiger partial charge is 0.480 e. The van der Waals surface area contributed by atoms with Gasteiger partial charge in [0.2, 0.25) is 0 Å². The van der Waals surface area contributed by atoms with Crippen molar-refractivity contribution in [2.45, 2.75) is 51.2 Å². The van der Waals surface area contributed by atoms with E-state index in [1.54, 1.807) is 19.2 Å². The standard InChI is InChI=1S/C16H20FN3O.C8H8ClN3O2/c1-20-15(21)8-7-14-16(20)12(13(17)10-19-14)9-18-11-5-3-2-4-6-11;9-4-1-6-8(11-5(4)2-10)12-7(13)3-14-6/h7-8,10-11,18H,2-6,9H2,1H3;1H,2-3,10H2,(H,11,12,13). The monoisotopic (exact) mass is 502 g/mol. The van der Waals surface area contributed by atoms with Gasteiger partial charge in [0.1, 0.15) is 5.82 Å². The Kier molecular flexibility index (Phi) is 7.94. The van der Waals surface area contributed by atoms with E-state index in [0.29, 0.717) is 51.5 Å². The first-order valence-electron chi connectivity index (χ1n) is 11.6. The van der Waals surface area contributed by atoms with Crippen molar-refractivity contribution in [3.63, 3.8) is 0 Å². The fourth-order valence-corrected chi connectivity index (χ4v) is 4.51. The molecule has 1 aliphatic heterocycles. The fourth-order valence-electron chi connectivity index (χ4n) is 4.29. The van der Waals surface area contributed by atoms with Crippen molar-refractivity contribution in [2.75, 3.05) is 11.9 Å². The van der Waals surface area contributed by atoms with Crippen molar-refractivity contribution in [1.29, 1.82) is 0 Å². The van der Waals surface area contributed by atoms with Crippen LogP contribution in [0.25, 0.3) is 11.0 Å². The molecule has 1 amide bonds. The fraction of sp³-hybridized carbons (Fsp3) is 0.417. The van der Waals surface area contributed by atoms with Crippen molar-refractivity contribution in [2.24, 2.45) is 12.8 Å². The molecule has 0 spiro atoms. The molecule has 0 aromatic carbocycles. The molecule has 3 aromatic rings. The third kappa shape index (κ3) is 5.77. The molecule has 0 radical (unpaired) electrons. The number of pyridine rings is 3. The van der Waals surface area contributed by atoms with E-state index in [1.807, 2.05) is 0 Å². The molecule has 2 aliphatic rings. The van der Waals surface area contributed by atoms with E-state index < -0.39 is 0 Å². The highest BCUT2D eigenvalue weighted by Crippen LogP contribution is 2.30. The molecule has 11 heteroatoms. The number of carbonyl (C=O) groups is 1. The molecule has 186 valence electrons. The van der Waals surface area contributed by atoms with Crippen LogP contribution in [0.1, 0.15) is 43.4 Å². The smallest absolute Gasteiger partial charge is 0.263 e. The van der Waals surface area contributed by atoms with E-state index in [1.165, 1.54) is 36.1 Å². The van der Waals surface area contributed by atoms with Gasteiger partial charge in [-0.3, -0.25) is 14.6 Å². The number of nitrogens with zero attached hydrogens (tertiary/aromatic N) is 3. The molecule has 0 unspecified atom stereocenters. The topological polar surface area (TPSA) is 124 Å². The number of fused-ring (bicyclic) bond motifs is 2. The SMILES string of the molecule is Cn1c(=O)ccc2ncc(F)c(CNC3CCCCC3)c21.NCc1nc2c(cc1Cl)OCC(=O)N2. The lowest BCUT2D eigenvalue weighted by molar-refractivity contribution is -0.118. The Balaban J connectivity index is 0.000000179. The van der Waals surface area contributed by atoms with Crippen LogP contribution in [0.15, 0.2) is 29.2 Å². The Hall–Kier alpha value is -3.08. The highest BCUT2D eigenvalue weighted by molar-refractivity contribution is 6.31. The Morgan fingerprint density at radius 3 is 2.80 bits per heavy atom. The predicted octanol–water partition coefficient (Wildman–Crippen LogP) is 3.02. The first-order valence-corrected chi connectivity index (χ1v) is 11.9. The van der Waals surface area contributed by atoms with E-state index in [2.05, 4.69) is 20.6 Å². The third-order valence-electron chi connectivity index (χ3n) is 6.18. The summed E-state index contributed by atoms with van der Waals surface area (Å²) >= 11 is 5.86. The molecule has 0 saturated heterocycles. The molecule has 1 aliphatic carbocycles. The van der Waals surface area contributed by atoms with Gasteiger partial charge in [-0.2, -0.15) is 0 Å². The van der Waals surface area contributed by atoms with Gasteiger partial charge in [-0.15, -0.1) is 0 Å². The summed E-state index contributed by atoms with van der Waals surface area (Å²) in [6, 6.07) is 5.17. The normalized spacial score (nSPS) is 15.6. The number of ether oxygens (including phenoxy) is 1. The highest BCUT2D eigenvalue weighted by atomic mass is 35.5. The Morgan fingerprint density at radius 2 is 2.06 bits per heavy atom. The molecule has 3 aromatic heterocycles. The molecule has 4 heterocycles. The van der Waals surface area contributed by atoms with Crippen LogP contribution in [0.3, 0.4) is 0 Å². The molecule has 5 rings (SSSR count). The van der Waals surface area contributed by atoms with Crippen LogP contribution >= 0.6 is 11.6 Å². The van der Waals surface area contributed by atoms with E-state index in [9.17, 15) is 14.0 Å². The molecule has 35 heavy (non-hydrogen) atoms. The van der Waals surface area contributed by atoms with Crippen LogP contribution in [0.2, 0.25) is 5.02 Å². The molecule has 0 atom stereocenters. The van der Waals surface area contributed by atoms with Crippen LogP contribution in [-0.2, 0) is 24.9 Å². The minimum atomic E-state index is -0.355. The zero-order chi connectivity index (χ0) is 24.9. The number of hydrogen-bond donors (Lipinski definition) is 3. The molecular formula is C24H28ClFN6O3. The average molecular weight is 503 g/mol. The van der Waals surface area contributed by atoms with Gasteiger partial charge >= 0.3 is 0 Å². The maximum atomic E-state index is 14.2. The van der Waals surface area contributed by atoms with Crippen LogP contribution in [0.5, 0.6) is 5.75 Å². The first-order chi connectivity index (χ1) is 16.9. The summed E-state index contributed by atoms with van der Waals surface area (Å²) in [5, 5.41) is 6.45. The molecule has 0 bridgehead atoms. The van der Waals surface area contributed by atoms with Gasteiger partial charge in [0.05, 0.1) is 27.9 Å². The van der Waals surface area contributed by atoms with Crippen molar-refractivity contribution < 1.29 is 13.9 Å². The zero-order valence-corrected chi connectivity index (χ0v) is 20.2. The highest BCUT2D eigenvalue weighted by Gasteiger charge is 2.19. The number of halogens is 2. The van der Waals surface area contributed by atoms with Crippen molar-refractivity contribution in [3.05, 3.63) is 56.8 Å². The second kappa shape index (κ2) is 11.1. The summed E-state index contributed by atoms with van der Waals surface area (Å²) in [5.74, 6) is 0.278. The van der Waals surface area contributed by atoms with Crippen LogP contribution in [0.4, 0.5) is 10.2 Å². The van der Waals surface area contributed by atoms with E-state index in [0.717, 1.165) is 12.8 Å². The summed E-state index contributed by atoms with van der Waals surface area (Å²) in [4.78, 5) is 30.9. The molecule has 1 fully saturated rings. The van der Waals surface area contributed by atoms with Crippen LogP contribution in [-0.4, -0.2) is 33.1 Å². The number of nitrogens with two attached hydrogens (primary N) is 1. The third-order valence-corrected chi connectivity index (χ3v) is 6.51. The lowest BCUT2D eigenvalue weighted by Crippen LogP contribution is -2.31. The van der Waals surface area contributed by atoms with Crippen molar-refractivity contribution in [1.82, 2.24) is 19.9 Å². The van der Waals surface area contributed by atoms with Gasteiger partial charge in [-0.25, -0.2) is 9.37 Å². The summed E-state index contributed by atoms with van der Waals surface area (Å²) in [5.41, 5.74) is 7.59. The Morgan fingerprint density at radius 1 is 1.29 bits per heavy atom. The number of amides is 1. The number of carbonyl (C=O) groups excluding carboxylic acids is 1. The number of nitrogens with one attached hydrogen (secondary N) is 2.